The molecule has 1 aromatic heterocycles. The summed E-state index contributed by atoms with van der Waals surface area (Å²) in [5.41, 5.74) is 2.00. The summed E-state index contributed by atoms with van der Waals surface area (Å²) in [5.74, 6) is 0.918. The van der Waals surface area contributed by atoms with Gasteiger partial charge in [0.15, 0.2) is 0 Å². The number of amides is 1. The van der Waals surface area contributed by atoms with Gasteiger partial charge in [-0.25, -0.2) is 4.98 Å². The van der Waals surface area contributed by atoms with Crippen molar-refractivity contribution in [2.75, 3.05) is 0 Å². The molecule has 1 saturated carbocycles. The Bertz CT molecular complexity index is 690. The van der Waals surface area contributed by atoms with Crippen LogP contribution in [0.4, 0.5) is 0 Å². The largest absolute Gasteiger partial charge is 0.490 e. The molecule has 0 spiro atoms. The van der Waals surface area contributed by atoms with Crippen molar-refractivity contribution >= 4 is 32.9 Å². The summed E-state index contributed by atoms with van der Waals surface area (Å²) < 4.78 is 9.08. The first-order chi connectivity index (χ1) is 10.5. The second-order valence-corrected chi connectivity index (χ2v) is 6.77. The van der Waals surface area contributed by atoms with Crippen molar-refractivity contribution in [2.24, 2.45) is 7.05 Å². The van der Waals surface area contributed by atoms with Crippen molar-refractivity contribution in [2.45, 2.75) is 44.8 Å². The van der Waals surface area contributed by atoms with Gasteiger partial charge in [0.1, 0.15) is 11.3 Å². The maximum Gasteiger partial charge on any atom is 0.217 e. The van der Waals surface area contributed by atoms with E-state index >= 15 is 0 Å². The van der Waals surface area contributed by atoms with Gasteiger partial charge in [-0.1, -0.05) is 0 Å². The molecule has 0 atom stereocenters. The molecule has 1 amide bonds. The second kappa shape index (κ2) is 6.28. The highest BCUT2D eigenvalue weighted by Crippen LogP contribution is 2.31. The van der Waals surface area contributed by atoms with Crippen LogP contribution in [0.2, 0.25) is 0 Å². The van der Waals surface area contributed by atoms with E-state index in [1.165, 1.54) is 0 Å². The van der Waals surface area contributed by atoms with Gasteiger partial charge in [0.25, 0.3) is 0 Å². The average Bonchev–Trinajstić information content (AvgIpc) is 2.83. The summed E-state index contributed by atoms with van der Waals surface area (Å²) in [4.78, 5) is 15.5. The van der Waals surface area contributed by atoms with Crippen LogP contribution in [0.25, 0.3) is 11.0 Å². The zero-order valence-electron chi connectivity index (χ0n) is 12.8. The lowest BCUT2D eigenvalue weighted by Gasteiger charge is -2.29. The Morgan fingerprint density at radius 1 is 1.36 bits per heavy atom. The van der Waals surface area contributed by atoms with Crippen molar-refractivity contribution < 1.29 is 9.53 Å². The Morgan fingerprint density at radius 3 is 2.77 bits per heavy atom. The molecule has 1 aromatic carbocycles. The van der Waals surface area contributed by atoms with Crippen LogP contribution in [-0.2, 0) is 11.8 Å². The van der Waals surface area contributed by atoms with Crippen LogP contribution in [-0.4, -0.2) is 27.6 Å². The molecular weight excluding hydrogens is 346 g/mol. The fourth-order valence-electron chi connectivity index (χ4n) is 3.04. The highest BCUT2D eigenvalue weighted by molar-refractivity contribution is 9.10. The summed E-state index contributed by atoms with van der Waals surface area (Å²) in [6.07, 6.45) is 5.89. The zero-order valence-corrected chi connectivity index (χ0v) is 14.4. The molecule has 118 valence electrons. The molecule has 0 aliphatic heterocycles. The highest BCUT2D eigenvalue weighted by Gasteiger charge is 2.23. The topological polar surface area (TPSA) is 56.1 Å². The number of ether oxygens (including phenoxy) is 1. The Kier molecular flexibility index (Phi) is 4.38. The Balaban J connectivity index is 1.67. The van der Waals surface area contributed by atoms with Gasteiger partial charge in [0, 0.05) is 30.6 Å². The van der Waals surface area contributed by atoms with Gasteiger partial charge in [-0.2, -0.15) is 0 Å². The summed E-state index contributed by atoms with van der Waals surface area (Å²) in [5, 5.41) is 2.99. The van der Waals surface area contributed by atoms with Crippen LogP contribution in [0.1, 0.15) is 32.6 Å². The van der Waals surface area contributed by atoms with E-state index in [1.54, 1.807) is 13.3 Å². The van der Waals surface area contributed by atoms with Crippen LogP contribution in [0.15, 0.2) is 22.9 Å². The van der Waals surface area contributed by atoms with Crippen LogP contribution in [0.3, 0.4) is 0 Å². The van der Waals surface area contributed by atoms with E-state index in [0.717, 1.165) is 46.9 Å². The van der Waals surface area contributed by atoms with E-state index in [1.807, 2.05) is 23.7 Å². The fourth-order valence-corrected chi connectivity index (χ4v) is 3.57. The third-order valence-electron chi connectivity index (χ3n) is 4.14. The number of hydrogen-bond acceptors (Lipinski definition) is 3. The van der Waals surface area contributed by atoms with E-state index in [0.29, 0.717) is 6.04 Å². The molecule has 0 bridgehead atoms. The number of carbonyl (C=O) groups is 1. The number of aryl methyl sites for hydroxylation is 1. The Labute approximate surface area is 138 Å². The molecule has 1 aliphatic carbocycles. The van der Waals surface area contributed by atoms with Crippen LogP contribution >= 0.6 is 15.9 Å². The number of hydrogen-bond donors (Lipinski definition) is 1. The molecule has 1 heterocycles. The predicted molar refractivity (Wildman–Crippen MR) is 88.9 cm³/mol. The van der Waals surface area contributed by atoms with Gasteiger partial charge in [0.2, 0.25) is 5.91 Å². The maximum atomic E-state index is 11.1. The lowest BCUT2D eigenvalue weighted by Crippen LogP contribution is -2.38. The minimum absolute atomic E-state index is 0.0509. The maximum absolute atomic E-state index is 11.1. The number of nitrogens with zero attached hydrogens (tertiary/aromatic N) is 2. The second-order valence-electron chi connectivity index (χ2n) is 5.92. The summed E-state index contributed by atoms with van der Waals surface area (Å²) in [6, 6.07) is 4.31. The number of carbonyl (C=O) groups excluding carboxylic acids is 1. The molecule has 0 saturated heterocycles. The molecular formula is C16H20BrN3O2. The van der Waals surface area contributed by atoms with E-state index in [-0.39, 0.29) is 12.0 Å². The Hall–Kier alpha value is -1.56. The number of rotatable bonds is 3. The van der Waals surface area contributed by atoms with Crippen molar-refractivity contribution in [3.8, 4) is 5.75 Å². The van der Waals surface area contributed by atoms with Crippen molar-refractivity contribution in [1.29, 1.82) is 0 Å². The van der Waals surface area contributed by atoms with Crippen LogP contribution in [0, 0.1) is 0 Å². The molecule has 1 aliphatic rings. The lowest BCUT2D eigenvalue weighted by molar-refractivity contribution is -0.120. The van der Waals surface area contributed by atoms with Gasteiger partial charge in [-0.05, 0) is 47.7 Å². The number of fused-ring (bicyclic) bond motifs is 1. The number of halogens is 1. The number of nitrogens with one attached hydrogen (secondary N) is 1. The number of imidazole rings is 1. The fraction of sp³-hybridized carbons (Fsp3) is 0.500. The molecule has 1 fully saturated rings. The van der Waals surface area contributed by atoms with E-state index in [9.17, 15) is 4.79 Å². The average molecular weight is 366 g/mol. The minimum atomic E-state index is 0.0509. The molecule has 5 nitrogen and oxygen atoms in total. The van der Waals surface area contributed by atoms with Crippen LogP contribution < -0.4 is 10.1 Å². The van der Waals surface area contributed by atoms with Gasteiger partial charge in [-0.3, -0.25) is 4.79 Å². The first kappa shape index (κ1) is 15.3. The molecule has 2 aromatic rings. The Morgan fingerprint density at radius 2 is 2.09 bits per heavy atom. The molecule has 1 N–H and O–H groups in total. The predicted octanol–water partition coefficient (Wildman–Crippen LogP) is 3.16. The normalized spacial score (nSPS) is 21.8. The molecule has 3 rings (SSSR count). The zero-order chi connectivity index (χ0) is 15.7. The minimum Gasteiger partial charge on any atom is -0.490 e. The molecule has 22 heavy (non-hydrogen) atoms. The van der Waals surface area contributed by atoms with E-state index in [4.69, 9.17) is 4.74 Å². The smallest absolute Gasteiger partial charge is 0.217 e. The van der Waals surface area contributed by atoms with Crippen molar-refractivity contribution in [3.05, 3.63) is 22.9 Å². The molecule has 0 radical (unpaired) electrons. The first-order valence-electron chi connectivity index (χ1n) is 7.57. The van der Waals surface area contributed by atoms with Crippen molar-refractivity contribution in [3.63, 3.8) is 0 Å². The first-order valence-corrected chi connectivity index (χ1v) is 8.36. The van der Waals surface area contributed by atoms with Crippen LogP contribution in [0.5, 0.6) is 5.75 Å². The number of aromatic nitrogens is 2. The lowest BCUT2D eigenvalue weighted by atomic mass is 9.93. The van der Waals surface area contributed by atoms with Gasteiger partial charge in [0.05, 0.1) is 17.9 Å². The monoisotopic (exact) mass is 365 g/mol. The molecule has 6 heteroatoms. The molecule has 0 unspecified atom stereocenters. The van der Waals surface area contributed by atoms with Gasteiger partial charge < -0.3 is 14.6 Å². The third-order valence-corrected chi connectivity index (χ3v) is 4.75. The van der Waals surface area contributed by atoms with E-state index in [2.05, 4.69) is 26.2 Å². The third kappa shape index (κ3) is 3.27. The quantitative estimate of drug-likeness (QED) is 0.908. The van der Waals surface area contributed by atoms with Gasteiger partial charge in [-0.15, -0.1) is 0 Å². The summed E-state index contributed by atoms with van der Waals surface area (Å²) >= 11 is 3.56. The number of benzene rings is 1. The summed E-state index contributed by atoms with van der Waals surface area (Å²) in [7, 11) is 1.98. The van der Waals surface area contributed by atoms with Crippen molar-refractivity contribution in [1.82, 2.24) is 14.9 Å². The highest BCUT2D eigenvalue weighted by atomic mass is 79.9. The van der Waals surface area contributed by atoms with Gasteiger partial charge >= 0.3 is 0 Å². The van der Waals surface area contributed by atoms with E-state index < -0.39 is 0 Å². The standard InChI is InChI=1S/C16H20BrN3O2/c1-10(21)19-11-3-5-12(6-4-11)22-13-7-14(17)16-15(8-13)20(2)9-18-16/h7-9,11-12H,3-6H2,1-2H3,(H,19,21). The SMILES string of the molecule is CC(=O)NC1CCC(Oc2cc(Br)c3ncn(C)c3c2)CC1. The summed E-state index contributed by atoms with van der Waals surface area (Å²) in [6.45, 7) is 1.57.